The van der Waals surface area contributed by atoms with Gasteiger partial charge in [-0.15, -0.1) is 0 Å². The SMILES string of the molecule is CC(CCNC(=O)N1CCC(O)C(C)C1)C(=O)O. The predicted octanol–water partition coefficient (Wildman–Crippen LogP) is 0.509. The van der Waals surface area contributed by atoms with Gasteiger partial charge in [0.25, 0.3) is 0 Å². The molecule has 104 valence electrons. The van der Waals surface area contributed by atoms with Crippen LogP contribution in [0.1, 0.15) is 26.7 Å². The number of piperidine rings is 1. The standard InChI is InChI=1S/C12H22N2O4/c1-8(11(16)17)3-5-13-12(18)14-6-4-10(15)9(2)7-14/h8-10,15H,3-7H2,1-2H3,(H,13,18)(H,16,17). The first-order chi connectivity index (χ1) is 8.41. The summed E-state index contributed by atoms with van der Waals surface area (Å²) >= 11 is 0. The largest absolute Gasteiger partial charge is 0.481 e. The normalized spacial score (nSPS) is 25.6. The Kier molecular flexibility index (Phi) is 5.40. The van der Waals surface area contributed by atoms with Crippen molar-refractivity contribution >= 4 is 12.0 Å². The first-order valence-electron chi connectivity index (χ1n) is 6.35. The molecule has 3 N–H and O–H groups in total. The molecule has 1 aliphatic heterocycles. The van der Waals surface area contributed by atoms with Gasteiger partial charge in [-0.1, -0.05) is 13.8 Å². The van der Waals surface area contributed by atoms with Crippen molar-refractivity contribution in [2.24, 2.45) is 11.8 Å². The van der Waals surface area contributed by atoms with Crippen LogP contribution < -0.4 is 5.32 Å². The highest BCUT2D eigenvalue weighted by Gasteiger charge is 2.26. The number of carbonyl (C=O) groups excluding carboxylic acids is 1. The summed E-state index contributed by atoms with van der Waals surface area (Å²) in [6.07, 6.45) is 0.689. The molecule has 3 unspecified atom stereocenters. The number of carboxylic acids is 1. The Morgan fingerprint density at radius 2 is 2.17 bits per heavy atom. The molecule has 0 spiro atoms. The third-order valence-corrected chi connectivity index (χ3v) is 3.42. The molecule has 0 radical (unpaired) electrons. The summed E-state index contributed by atoms with van der Waals surface area (Å²) in [6.45, 7) is 4.98. The van der Waals surface area contributed by atoms with Gasteiger partial charge in [0.05, 0.1) is 12.0 Å². The zero-order valence-corrected chi connectivity index (χ0v) is 10.9. The minimum Gasteiger partial charge on any atom is -0.481 e. The van der Waals surface area contributed by atoms with Gasteiger partial charge in [0, 0.05) is 19.6 Å². The fourth-order valence-electron chi connectivity index (χ4n) is 1.95. The molecule has 3 atom stereocenters. The fraction of sp³-hybridized carbons (Fsp3) is 0.833. The van der Waals surface area contributed by atoms with Crippen molar-refractivity contribution in [3.63, 3.8) is 0 Å². The van der Waals surface area contributed by atoms with E-state index in [1.807, 2.05) is 6.92 Å². The predicted molar refractivity (Wildman–Crippen MR) is 66.2 cm³/mol. The first kappa shape index (κ1) is 14.8. The first-order valence-corrected chi connectivity index (χ1v) is 6.35. The lowest BCUT2D eigenvalue weighted by molar-refractivity contribution is -0.141. The van der Waals surface area contributed by atoms with Crippen molar-refractivity contribution < 1.29 is 19.8 Å². The number of hydrogen-bond donors (Lipinski definition) is 3. The molecule has 6 nitrogen and oxygen atoms in total. The summed E-state index contributed by atoms with van der Waals surface area (Å²) < 4.78 is 0. The molecule has 1 aliphatic rings. The van der Waals surface area contributed by atoms with Crippen molar-refractivity contribution in [3.05, 3.63) is 0 Å². The molecular formula is C12H22N2O4. The molecule has 1 fully saturated rings. The minimum absolute atomic E-state index is 0.0856. The van der Waals surface area contributed by atoms with E-state index in [0.29, 0.717) is 32.5 Å². The van der Waals surface area contributed by atoms with E-state index < -0.39 is 11.9 Å². The molecule has 0 saturated carbocycles. The highest BCUT2D eigenvalue weighted by molar-refractivity contribution is 5.74. The average Bonchev–Trinajstić information content (AvgIpc) is 2.32. The second-order valence-corrected chi connectivity index (χ2v) is 5.04. The van der Waals surface area contributed by atoms with Gasteiger partial charge in [-0.3, -0.25) is 4.79 Å². The van der Waals surface area contributed by atoms with E-state index in [2.05, 4.69) is 5.32 Å². The van der Waals surface area contributed by atoms with Crippen LogP contribution in [0.4, 0.5) is 4.79 Å². The van der Waals surface area contributed by atoms with Crippen LogP contribution in [-0.4, -0.2) is 52.9 Å². The molecule has 2 amide bonds. The number of carboxylic acid groups (broad SMARTS) is 1. The van der Waals surface area contributed by atoms with Crippen molar-refractivity contribution in [1.82, 2.24) is 10.2 Å². The Hall–Kier alpha value is -1.30. The highest BCUT2D eigenvalue weighted by Crippen LogP contribution is 2.16. The van der Waals surface area contributed by atoms with Gasteiger partial charge in [0.1, 0.15) is 0 Å². The Balaban J connectivity index is 2.27. The lowest BCUT2D eigenvalue weighted by Gasteiger charge is -2.34. The van der Waals surface area contributed by atoms with E-state index in [1.54, 1.807) is 11.8 Å². The molecule has 1 heterocycles. The zero-order valence-electron chi connectivity index (χ0n) is 10.9. The molecule has 18 heavy (non-hydrogen) atoms. The molecular weight excluding hydrogens is 236 g/mol. The molecule has 0 aromatic carbocycles. The molecule has 1 rings (SSSR count). The molecule has 1 saturated heterocycles. The Bertz CT molecular complexity index is 308. The maximum Gasteiger partial charge on any atom is 0.317 e. The van der Waals surface area contributed by atoms with Gasteiger partial charge in [-0.2, -0.15) is 0 Å². The van der Waals surface area contributed by atoms with Crippen LogP contribution in [0.15, 0.2) is 0 Å². The molecule has 0 aromatic heterocycles. The van der Waals surface area contributed by atoms with Crippen LogP contribution in [0.2, 0.25) is 0 Å². The van der Waals surface area contributed by atoms with Gasteiger partial charge in [-0.25, -0.2) is 4.79 Å². The Morgan fingerprint density at radius 3 is 2.72 bits per heavy atom. The van der Waals surface area contributed by atoms with Gasteiger partial charge in [0.2, 0.25) is 0 Å². The molecule has 0 bridgehead atoms. The number of rotatable bonds is 4. The quantitative estimate of drug-likeness (QED) is 0.685. The average molecular weight is 258 g/mol. The van der Waals surface area contributed by atoms with Crippen LogP contribution in [-0.2, 0) is 4.79 Å². The molecule has 6 heteroatoms. The van der Waals surface area contributed by atoms with E-state index in [0.717, 1.165) is 0 Å². The van der Waals surface area contributed by atoms with Crippen molar-refractivity contribution in [3.8, 4) is 0 Å². The van der Waals surface area contributed by atoms with Gasteiger partial charge >= 0.3 is 12.0 Å². The number of carbonyl (C=O) groups is 2. The van der Waals surface area contributed by atoms with E-state index >= 15 is 0 Å². The lowest BCUT2D eigenvalue weighted by Crippen LogP contribution is -2.49. The number of nitrogens with one attached hydrogen (secondary N) is 1. The van der Waals surface area contributed by atoms with Crippen LogP contribution >= 0.6 is 0 Å². The maximum absolute atomic E-state index is 11.8. The Morgan fingerprint density at radius 1 is 1.50 bits per heavy atom. The number of urea groups is 1. The summed E-state index contributed by atoms with van der Waals surface area (Å²) in [5, 5.41) is 21.0. The number of aliphatic carboxylic acids is 1. The van der Waals surface area contributed by atoms with Crippen LogP contribution in [0.3, 0.4) is 0 Å². The van der Waals surface area contributed by atoms with Crippen LogP contribution in [0, 0.1) is 11.8 Å². The van der Waals surface area contributed by atoms with Crippen molar-refractivity contribution in [2.45, 2.75) is 32.8 Å². The van der Waals surface area contributed by atoms with Crippen molar-refractivity contribution in [2.75, 3.05) is 19.6 Å². The third kappa shape index (κ3) is 4.18. The van der Waals surface area contributed by atoms with Crippen molar-refractivity contribution in [1.29, 1.82) is 0 Å². The summed E-state index contributed by atoms with van der Waals surface area (Å²) in [6, 6.07) is -0.175. The topological polar surface area (TPSA) is 89.9 Å². The summed E-state index contributed by atoms with van der Waals surface area (Å²) in [7, 11) is 0. The van der Waals surface area contributed by atoms with Crippen LogP contribution in [0.5, 0.6) is 0 Å². The second-order valence-electron chi connectivity index (χ2n) is 5.04. The van der Waals surface area contributed by atoms with Crippen LogP contribution in [0.25, 0.3) is 0 Å². The molecule has 0 aromatic rings. The lowest BCUT2D eigenvalue weighted by atomic mass is 9.97. The maximum atomic E-state index is 11.8. The number of aliphatic hydroxyl groups is 1. The smallest absolute Gasteiger partial charge is 0.317 e. The Labute approximate surface area is 107 Å². The number of likely N-dealkylation sites (tertiary alicyclic amines) is 1. The fourth-order valence-corrected chi connectivity index (χ4v) is 1.95. The third-order valence-electron chi connectivity index (χ3n) is 3.42. The van der Waals surface area contributed by atoms with E-state index in [9.17, 15) is 14.7 Å². The number of amides is 2. The molecule has 0 aliphatic carbocycles. The second kappa shape index (κ2) is 6.58. The summed E-state index contributed by atoms with van der Waals surface area (Å²) in [5.74, 6) is -1.21. The van der Waals surface area contributed by atoms with E-state index in [1.165, 1.54) is 0 Å². The number of aliphatic hydroxyl groups excluding tert-OH is 1. The zero-order chi connectivity index (χ0) is 13.7. The summed E-state index contributed by atoms with van der Waals surface area (Å²) in [4.78, 5) is 24.1. The van der Waals surface area contributed by atoms with Gasteiger partial charge in [-0.05, 0) is 18.8 Å². The highest BCUT2D eigenvalue weighted by atomic mass is 16.4. The van der Waals surface area contributed by atoms with Gasteiger partial charge < -0.3 is 20.4 Å². The van der Waals surface area contributed by atoms with E-state index in [-0.39, 0.29) is 18.1 Å². The minimum atomic E-state index is -0.848. The number of hydrogen-bond acceptors (Lipinski definition) is 3. The van der Waals surface area contributed by atoms with Gasteiger partial charge in [0.15, 0.2) is 0 Å². The monoisotopic (exact) mass is 258 g/mol. The van der Waals surface area contributed by atoms with E-state index in [4.69, 9.17) is 5.11 Å². The number of nitrogens with zero attached hydrogens (tertiary/aromatic N) is 1. The summed E-state index contributed by atoms with van der Waals surface area (Å²) in [5.41, 5.74) is 0.